The van der Waals surface area contributed by atoms with E-state index in [0.717, 1.165) is 13.0 Å². The van der Waals surface area contributed by atoms with Crippen LogP contribution in [0.25, 0.3) is 0 Å². The Labute approximate surface area is 74.4 Å². The number of nitrogens with one attached hydrogen (secondary N) is 1. The van der Waals surface area contributed by atoms with Crippen molar-refractivity contribution in [2.75, 3.05) is 6.54 Å². The van der Waals surface area contributed by atoms with Crippen LogP contribution in [0.5, 0.6) is 0 Å². The van der Waals surface area contributed by atoms with Gasteiger partial charge in [-0.1, -0.05) is 20.8 Å². The Morgan fingerprint density at radius 2 is 2.25 bits per heavy atom. The van der Waals surface area contributed by atoms with E-state index in [1.165, 1.54) is 6.42 Å². The molecule has 0 bridgehead atoms. The van der Waals surface area contributed by atoms with Gasteiger partial charge in [-0.15, -0.1) is 0 Å². The molecule has 1 fully saturated rings. The van der Waals surface area contributed by atoms with Gasteiger partial charge in [0.25, 0.3) is 0 Å². The number of guanidine groups is 1. The predicted molar refractivity (Wildman–Crippen MR) is 52.1 cm³/mol. The molecule has 0 spiro atoms. The zero-order valence-corrected chi connectivity index (χ0v) is 8.22. The van der Waals surface area contributed by atoms with Crippen LogP contribution in [0.3, 0.4) is 0 Å². The van der Waals surface area contributed by atoms with Gasteiger partial charge in [0, 0.05) is 12.6 Å². The van der Waals surface area contributed by atoms with Gasteiger partial charge in [-0.05, 0) is 18.3 Å². The minimum Gasteiger partial charge on any atom is -0.370 e. The highest BCUT2D eigenvalue weighted by Gasteiger charge is 2.45. The van der Waals surface area contributed by atoms with Gasteiger partial charge in [-0.25, -0.2) is 0 Å². The van der Waals surface area contributed by atoms with E-state index in [1.54, 1.807) is 0 Å². The number of hydrogen-bond donors (Lipinski definition) is 2. The average molecular weight is 169 g/mol. The minimum atomic E-state index is 0.423. The van der Waals surface area contributed by atoms with Crippen LogP contribution in [0, 0.1) is 5.41 Å². The first-order chi connectivity index (χ1) is 5.56. The van der Waals surface area contributed by atoms with Gasteiger partial charge in [0.2, 0.25) is 0 Å². The smallest absolute Gasteiger partial charge is 0.188 e. The summed E-state index contributed by atoms with van der Waals surface area (Å²) in [5, 5.41) is 3.21. The van der Waals surface area contributed by atoms with E-state index in [-0.39, 0.29) is 0 Å². The van der Waals surface area contributed by atoms with Crippen molar-refractivity contribution in [3.63, 3.8) is 0 Å². The van der Waals surface area contributed by atoms with Crippen LogP contribution in [0.1, 0.15) is 33.6 Å². The van der Waals surface area contributed by atoms with Crippen LogP contribution < -0.4 is 11.1 Å². The molecule has 0 saturated heterocycles. The molecule has 1 rings (SSSR count). The molecule has 70 valence electrons. The Morgan fingerprint density at radius 1 is 1.67 bits per heavy atom. The van der Waals surface area contributed by atoms with E-state index in [9.17, 15) is 0 Å². The fourth-order valence-electron chi connectivity index (χ4n) is 1.17. The highest BCUT2D eigenvalue weighted by Crippen LogP contribution is 2.44. The maximum atomic E-state index is 5.66. The third kappa shape index (κ3) is 2.40. The number of nitrogens with two attached hydrogens (primary N) is 1. The predicted octanol–water partition coefficient (Wildman–Crippen LogP) is 1.10. The van der Waals surface area contributed by atoms with E-state index in [4.69, 9.17) is 5.73 Å². The molecule has 1 aliphatic carbocycles. The molecule has 1 saturated carbocycles. The molecule has 3 nitrogen and oxygen atoms in total. The summed E-state index contributed by atoms with van der Waals surface area (Å²) in [4.78, 5) is 4.17. The molecule has 3 N–H and O–H groups in total. The van der Waals surface area contributed by atoms with Gasteiger partial charge in [0.1, 0.15) is 0 Å². The van der Waals surface area contributed by atoms with Crippen LogP contribution in [0.4, 0.5) is 0 Å². The van der Waals surface area contributed by atoms with Crippen LogP contribution in [-0.2, 0) is 0 Å². The van der Waals surface area contributed by atoms with Gasteiger partial charge >= 0.3 is 0 Å². The quantitative estimate of drug-likeness (QED) is 0.491. The van der Waals surface area contributed by atoms with Crippen molar-refractivity contribution >= 4 is 5.96 Å². The number of rotatable bonds is 3. The summed E-state index contributed by atoms with van der Waals surface area (Å²) in [5.74, 6) is 0.604. The summed E-state index contributed by atoms with van der Waals surface area (Å²) in [6.07, 6.45) is 2.26. The molecule has 0 amide bonds. The zero-order chi connectivity index (χ0) is 9.19. The van der Waals surface area contributed by atoms with E-state index in [0.29, 0.717) is 17.4 Å². The monoisotopic (exact) mass is 169 g/mol. The third-order valence-electron chi connectivity index (χ3n) is 2.34. The number of aliphatic imine (C=N–C) groups is 1. The van der Waals surface area contributed by atoms with E-state index >= 15 is 0 Å². The van der Waals surface area contributed by atoms with Crippen molar-refractivity contribution in [1.82, 2.24) is 5.32 Å². The van der Waals surface area contributed by atoms with Gasteiger partial charge in [0.05, 0.1) is 0 Å². The molecular weight excluding hydrogens is 150 g/mol. The lowest BCUT2D eigenvalue weighted by Crippen LogP contribution is -2.35. The Bertz CT molecular complexity index is 184. The van der Waals surface area contributed by atoms with Crippen molar-refractivity contribution in [2.24, 2.45) is 16.1 Å². The van der Waals surface area contributed by atoms with E-state index < -0.39 is 0 Å². The lowest BCUT2D eigenvalue weighted by Gasteiger charge is -2.06. The minimum absolute atomic E-state index is 0.423. The van der Waals surface area contributed by atoms with Gasteiger partial charge in [-0.2, -0.15) is 0 Å². The Balaban J connectivity index is 2.24. The fraction of sp³-hybridized carbons (Fsp3) is 0.889. The molecule has 1 unspecified atom stereocenters. The van der Waals surface area contributed by atoms with Crippen LogP contribution in [0.2, 0.25) is 0 Å². The SMILES string of the molecule is CCCN=C(N)NC1CC1(C)C. The topological polar surface area (TPSA) is 50.4 Å². The van der Waals surface area contributed by atoms with Gasteiger partial charge in [0.15, 0.2) is 5.96 Å². The standard InChI is InChI=1S/C9H19N3/c1-4-5-11-8(10)12-7-6-9(7,2)3/h7H,4-6H2,1-3H3,(H3,10,11,12). The fourth-order valence-corrected chi connectivity index (χ4v) is 1.17. The molecular formula is C9H19N3. The third-order valence-corrected chi connectivity index (χ3v) is 2.34. The summed E-state index contributed by atoms with van der Waals surface area (Å²) in [6.45, 7) is 7.39. The van der Waals surface area contributed by atoms with Gasteiger partial charge < -0.3 is 11.1 Å². The first-order valence-corrected chi connectivity index (χ1v) is 4.62. The number of hydrogen-bond acceptors (Lipinski definition) is 1. The summed E-state index contributed by atoms with van der Waals surface area (Å²) >= 11 is 0. The highest BCUT2D eigenvalue weighted by molar-refractivity contribution is 5.78. The van der Waals surface area contributed by atoms with Crippen molar-refractivity contribution in [2.45, 2.75) is 39.7 Å². The maximum absolute atomic E-state index is 5.66. The van der Waals surface area contributed by atoms with Crippen LogP contribution in [-0.4, -0.2) is 18.5 Å². The van der Waals surface area contributed by atoms with E-state index in [2.05, 4.69) is 31.1 Å². The van der Waals surface area contributed by atoms with Crippen molar-refractivity contribution in [3.05, 3.63) is 0 Å². The largest absolute Gasteiger partial charge is 0.370 e. The van der Waals surface area contributed by atoms with Crippen molar-refractivity contribution < 1.29 is 0 Å². The Hall–Kier alpha value is -0.730. The van der Waals surface area contributed by atoms with Crippen LogP contribution >= 0.6 is 0 Å². The lowest BCUT2D eigenvalue weighted by atomic mass is 10.2. The summed E-state index contributed by atoms with van der Waals surface area (Å²) < 4.78 is 0. The first-order valence-electron chi connectivity index (χ1n) is 4.62. The van der Waals surface area contributed by atoms with Crippen molar-refractivity contribution in [1.29, 1.82) is 0 Å². The van der Waals surface area contributed by atoms with Crippen LogP contribution in [0.15, 0.2) is 4.99 Å². The summed E-state index contributed by atoms with van der Waals surface area (Å²) in [5.41, 5.74) is 6.08. The van der Waals surface area contributed by atoms with Crippen molar-refractivity contribution in [3.8, 4) is 0 Å². The maximum Gasteiger partial charge on any atom is 0.188 e. The average Bonchev–Trinajstić information content (AvgIpc) is 2.54. The molecule has 0 aromatic carbocycles. The highest BCUT2D eigenvalue weighted by atomic mass is 15.1. The summed E-state index contributed by atoms with van der Waals surface area (Å²) in [7, 11) is 0. The molecule has 0 aromatic rings. The normalized spacial score (nSPS) is 26.9. The molecule has 0 aliphatic heterocycles. The zero-order valence-electron chi connectivity index (χ0n) is 8.22. The van der Waals surface area contributed by atoms with Gasteiger partial charge in [-0.3, -0.25) is 4.99 Å². The molecule has 3 heteroatoms. The molecule has 12 heavy (non-hydrogen) atoms. The number of nitrogens with zero attached hydrogens (tertiary/aromatic N) is 1. The Morgan fingerprint density at radius 3 is 2.67 bits per heavy atom. The molecule has 1 aliphatic rings. The second-order valence-electron chi connectivity index (χ2n) is 4.16. The molecule has 0 heterocycles. The molecule has 1 atom stereocenters. The first kappa shape index (κ1) is 9.36. The second kappa shape index (κ2) is 3.33. The second-order valence-corrected chi connectivity index (χ2v) is 4.16. The Kier molecular flexibility index (Phi) is 2.60. The molecule has 0 aromatic heterocycles. The molecule has 0 radical (unpaired) electrons. The van der Waals surface area contributed by atoms with E-state index in [1.807, 2.05) is 0 Å². The summed E-state index contributed by atoms with van der Waals surface area (Å²) in [6, 6.07) is 0.540. The lowest BCUT2D eigenvalue weighted by molar-refractivity contribution is 0.593.